The summed E-state index contributed by atoms with van der Waals surface area (Å²) in [4.78, 5) is 5.73. The van der Waals surface area contributed by atoms with Crippen LogP contribution in [0.4, 0.5) is 0 Å². The van der Waals surface area contributed by atoms with Crippen molar-refractivity contribution in [2.75, 3.05) is 18.8 Å². The molecule has 3 rings (SSSR count). The van der Waals surface area contributed by atoms with Gasteiger partial charge in [-0.3, -0.25) is 0 Å². The van der Waals surface area contributed by atoms with E-state index in [1.54, 1.807) is 0 Å². The van der Waals surface area contributed by atoms with Gasteiger partial charge in [0.2, 0.25) is 11.7 Å². The van der Waals surface area contributed by atoms with E-state index in [-0.39, 0.29) is 0 Å². The minimum absolute atomic E-state index is 0.390. The van der Waals surface area contributed by atoms with Gasteiger partial charge in [0.05, 0.1) is 5.92 Å². The van der Waals surface area contributed by atoms with Gasteiger partial charge in [-0.15, -0.1) is 11.8 Å². The van der Waals surface area contributed by atoms with Gasteiger partial charge in [-0.1, -0.05) is 12.1 Å². The van der Waals surface area contributed by atoms with Gasteiger partial charge in [0.25, 0.3) is 0 Å². The summed E-state index contributed by atoms with van der Waals surface area (Å²) in [5.41, 5.74) is 1.01. The minimum atomic E-state index is 0.390. The van der Waals surface area contributed by atoms with Crippen molar-refractivity contribution in [2.24, 2.45) is 0 Å². The number of aromatic nitrogens is 2. The Kier molecular flexibility index (Phi) is 3.34. The molecule has 18 heavy (non-hydrogen) atoms. The van der Waals surface area contributed by atoms with Crippen molar-refractivity contribution in [2.45, 2.75) is 17.7 Å². The monoisotopic (exact) mass is 261 g/mol. The van der Waals surface area contributed by atoms with Crippen molar-refractivity contribution in [3.05, 3.63) is 30.2 Å². The van der Waals surface area contributed by atoms with E-state index in [0.717, 1.165) is 30.3 Å². The first-order chi connectivity index (χ1) is 8.86. The highest BCUT2D eigenvalue weighted by Gasteiger charge is 2.25. The number of nitrogens with zero attached hydrogens (tertiary/aromatic N) is 2. The highest BCUT2D eigenvalue weighted by Crippen LogP contribution is 2.24. The fourth-order valence-corrected chi connectivity index (χ4v) is 2.51. The molecule has 94 valence electrons. The topological polar surface area (TPSA) is 51.0 Å². The van der Waals surface area contributed by atoms with E-state index < -0.39 is 0 Å². The van der Waals surface area contributed by atoms with E-state index in [2.05, 4.69) is 34.5 Å². The molecule has 2 aromatic rings. The Balaban J connectivity index is 1.78. The molecule has 0 atom stereocenters. The molecular formula is C13H15N3OS. The summed E-state index contributed by atoms with van der Waals surface area (Å²) >= 11 is 1.83. The first-order valence-corrected chi connectivity index (χ1v) is 7.13. The molecule has 0 radical (unpaired) electrons. The SMILES string of the molecule is CCSc1ccc(-c2noc(C3CNC3)n2)cc1. The lowest BCUT2D eigenvalue weighted by Gasteiger charge is -2.22. The smallest absolute Gasteiger partial charge is 0.232 e. The Hall–Kier alpha value is -1.33. The lowest BCUT2D eigenvalue weighted by molar-refractivity contribution is 0.308. The molecule has 1 aliphatic rings. The van der Waals surface area contributed by atoms with Crippen LogP contribution in [0.5, 0.6) is 0 Å². The highest BCUT2D eigenvalue weighted by atomic mass is 32.2. The molecule has 0 bridgehead atoms. The second-order valence-electron chi connectivity index (χ2n) is 4.27. The molecule has 0 unspecified atom stereocenters. The van der Waals surface area contributed by atoms with Crippen LogP contribution in [-0.2, 0) is 0 Å². The zero-order valence-electron chi connectivity index (χ0n) is 10.2. The minimum Gasteiger partial charge on any atom is -0.339 e. The van der Waals surface area contributed by atoms with Crippen molar-refractivity contribution in [1.82, 2.24) is 15.5 Å². The zero-order chi connectivity index (χ0) is 12.4. The molecule has 1 aliphatic heterocycles. The summed E-state index contributed by atoms with van der Waals surface area (Å²) in [5, 5.41) is 7.24. The maximum atomic E-state index is 5.29. The van der Waals surface area contributed by atoms with Gasteiger partial charge in [-0.25, -0.2) is 0 Å². The van der Waals surface area contributed by atoms with Crippen molar-refractivity contribution < 1.29 is 4.52 Å². The average molecular weight is 261 g/mol. The van der Waals surface area contributed by atoms with Crippen LogP contribution in [0, 0.1) is 0 Å². The summed E-state index contributed by atoms with van der Waals surface area (Å²) in [5.74, 6) is 2.90. The van der Waals surface area contributed by atoms with Gasteiger partial charge in [-0.2, -0.15) is 4.98 Å². The molecule has 0 aliphatic carbocycles. The van der Waals surface area contributed by atoms with Crippen LogP contribution >= 0.6 is 11.8 Å². The van der Waals surface area contributed by atoms with Crippen molar-refractivity contribution in [1.29, 1.82) is 0 Å². The van der Waals surface area contributed by atoms with E-state index >= 15 is 0 Å². The van der Waals surface area contributed by atoms with Crippen LogP contribution in [0.2, 0.25) is 0 Å². The summed E-state index contributed by atoms with van der Waals surface area (Å²) in [7, 11) is 0. The van der Waals surface area contributed by atoms with Crippen LogP contribution in [0.15, 0.2) is 33.7 Å². The van der Waals surface area contributed by atoms with Crippen molar-refractivity contribution >= 4 is 11.8 Å². The predicted octanol–water partition coefficient (Wildman–Crippen LogP) is 2.54. The Labute approximate surface area is 110 Å². The molecule has 0 amide bonds. The Morgan fingerprint density at radius 2 is 2.11 bits per heavy atom. The third kappa shape index (κ3) is 2.28. The Bertz CT molecular complexity index is 519. The van der Waals surface area contributed by atoms with Gasteiger partial charge in [-0.05, 0) is 30.0 Å². The fourth-order valence-electron chi connectivity index (χ4n) is 1.85. The quantitative estimate of drug-likeness (QED) is 0.857. The summed E-state index contributed by atoms with van der Waals surface area (Å²) in [6, 6.07) is 8.30. The molecule has 1 saturated heterocycles. The van der Waals surface area contributed by atoms with Gasteiger partial charge in [0.1, 0.15) is 0 Å². The lowest BCUT2D eigenvalue weighted by Crippen LogP contribution is -2.40. The maximum absolute atomic E-state index is 5.29. The summed E-state index contributed by atoms with van der Waals surface area (Å²) < 4.78 is 5.29. The molecule has 0 saturated carbocycles. The number of rotatable bonds is 4. The second-order valence-corrected chi connectivity index (χ2v) is 5.61. The van der Waals surface area contributed by atoms with Crippen LogP contribution in [0.3, 0.4) is 0 Å². The molecule has 1 aromatic carbocycles. The molecule has 4 nitrogen and oxygen atoms in total. The third-order valence-corrected chi connectivity index (χ3v) is 3.89. The van der Waals surface area contributed by atoms with Gasteiger partial charge >= 0.3 is 0 Å². The average Bonchev–Trinajstić information content (AvgIpc) is 2.77. The van der Waals surface area contributed by atoms with E-state index in [1.807, 2.05) is 23.9 Å². The standard InChI is InChI=1S/C13H15N3OS/c1-2-18-11-5-3-9(4-6-11)12-15-13(17-16-12)10-7-14-8-10/h3-6,10,14H,2,7-8H2,1H3. The van der Waals surface area contributed by atoms with E-state index in [9.17, 15) is 0 Å². The van der Waals surface area contributed by atoms with Crippen LogP contribution < -0.4 is 5.32 Å². The molecule has 1 fully saturated rings. The van der Waals surface area contributed by atoms with Crippen LogP contribution in [0.1, 0.15) is 18.7 Å². The number of thioether (sulfide) groups is 1. The maximum Gasteiger partial charge on any atom is 0.232 e. The largest absolute Gasteiger partial charge is 0.339 e. The first kappa shape index (κ1) is 11.7. The fraction of sp³-hybridized carbons (Fsp3) is 0.385. The summed E-state index contributed by atoms with van der Waals surface area (Å²) in [6.07, 6.45) is 0. The van der Waals surface area contributed by atoms with E-state index in [4.69, 9.17) is 4.52 Å². The molecule has 1 N–H and O–H groups in total. The lowest BCUT2D eigenvalue weighted by atomic mass is 10.0. The van der Waals surface area contributed by atoms with Crippen LogP contribution in [0.25, 0.3) is 11.4 Å². The number of benzene rings is 1. The normalized spacial score (nSPS) is 15.6. The van der Waals surface area contributed by atoms with Gasteiger partial charge < -0.3 is 9.84 Å². The van der Waals surface area contributed by atoms with Crippen molar-refractivity contribution in [3.63, 3.8) is 0 Å². The highest BCUT2D eigenvalue weighted by molar-refractivity contribution is 7.99. The molecule has 2 heterocycles. The molecular weight excluding hydrogens is 246 g/mol. The second kappa shape index (κ2) is 5.12. The zero-order valence-corrected chi connectivity index (χ0v) is 11.0. The molecule has 0 spiro atoms. The van der Waals surface area contributed by atoms with E-state index in [1.165, 1.54) is 4.90 Å². The van der Waals surface area contributed by atoms with Gasteiger partial charge in [0, 0.05) is 23.5 Å². The number of hydrogen-bond donors (Lipinski definition) is 1. The first-order valence-electron chi connectivity index (χ1n) is 6.14. The van der Waals surface area contributed by atoms with E-state index in [0.29, 0.717) is 11.7 Å². The summed E-state index contributed by atoms with van der Waals surface area (Å²) in [6.45, 7) is 4.03. The van der Waals surface area contributed by atoms with Gasteiger partial charge in [0.15, 0.2) is 0 Å². The molecule has 5 heteroatoms. The van der Waals surface area contributed by atoms with Crippen LogP contribution in [-0.4, -0.2) is 29.0 Å². The Morgan fingerprint density at radius 3 is 2.72 bits per heavy atom. The predicted molar refractivity (Wildman–Crippen MR) is 71.7 cm³/mol. The van der Waals surface area contributed by atoms with Crippen molar-refractivity contribution in [3.8, 4) is 11.4 Å². The Morgan fingerprint density at radius 1 is 1.33 bits per heavy atom. The third-order valence-electron chi connectivity index (χ3n) is 3.00. The number of nitrogens with one attached hydrogen (secondary N) is 1. The number of hydrogen-bond acceptors (Lipinski definition) is 5. The molecule has 1 aromatic heterocycles.